The summed E-state index contributed by atoms with van der Waals surface area (Å²) in [6.07, 6.45) is 6.27. The number of aryl methyl sites for hydroxylation is 1. The SMILES string of the molecule is CCN1CCCC(Cc2nc3n(n2)CCCC3C)C1. The first-order valence-electron chi connectivity index (χ1n) is 7.92. The molecule has 2 atom stereocenters. The van der Waals surface area contributed by atoms with Crippen molar-refractivity contribution in [3.05, 3.63) is 11.6 Å². The number of nitrogens with zero attached hydrogens (tertiary/aromatic N) is 4. The van der Waals surface area contributed by atoms with Gasteiger partial charge in [0.05, 0.1) is 0 Å². The Morgan fingerprint density at radius 1 is 1.21 bits per heavy atom. The van der Waals surface area contributed by atoms with Crippen molar-refractivity contribution in [1.82, 2.24) is 19.7 Å². The fourth-order valence-electron chi connectivity index (χ4n) is 3.56. The molecule has 4 heteroatoms. The number of rotatable bonds is 3. The first-order valence-corrected chi connectivity index (χ1v) is 7.92. The number of piperidine rings is 1. The fourth-order valence-corrected chi connectivity index (χ4v) is 3.56. The van der Waals surface area contributed by atoms with Crippen molar-refractivity contribution in [2.24, 2.45) is 5.92 Å². The smallest absolute Gasteiger partial charge is 0.151 e. The van der Waals surface area contributed by atoms with Crippen LogP contribution in [0.15, 0.2) is 0 Å². The minimum Gasteiger partial charge on any atom is -0.303 e. The summed E-state index contributed by atoms with van der Waals surface area (Å²) >= 11 is 0. The third-order valence-electron chi connectivity index (χ3n) is 4.71. The second kappa shape index (κ2) is 5.61. The highest BCUT2D eigenvalue weighted by Gasteiger charge is 2.24. The topological polar surface area (TPSA) is 34.0 Å². The summed E-state index contributed by atoms with van der Waals surface area (Å²) in [5.41, 5.74) is 0. The fraction of sp³-hybridized carbons (Fsp3) is 0.867. The van der Waals surface area contributed by atoms with Crippen LogP contribution in [0.3, 0.4) is 0 Å². The molecular weight excluding hydrogens is 236 g/mol. The summed E-state index contributed by atoms with van der Waals surface area (Å²) in [5.74, 6) is 3.66. The van der Waals surface area contributed by atoms with Crippen LogP contribution in [-0.2, 0) is 13.0 Å². The lowest BCUT2D eigenvalue weighted by atomic mass is 9.94. The highest BCUT2D eigenvalue weighted by Crippen LogP contribution is 2.26. The van der Waals surface area contributed by atoms with Gasteiger partial charge < -0.3 is 4.90 Å². The van der Waals surface area contributed by atoms with E-state index in [1.54, 1.807) is 0 Å². The van der Waals surface area contributed by atoms with Gasteiger partial charge in [0, 0.05) is 25.4 Å². The van der Waals surface area contributed by atoms with E-state index in [1.807, 2.05) is 0 Å². The molecule has 1 saturated heterocycles. The first-order chi connectivity index (χ1) is 9.26. The van der Waals surface area contributed by atoms with Gasteiger partial charge in [-0.25, -0.2) is 9.67 Å². The first kappa shape index (κ1) is 13.1. The molecule has 0 N–H and O–H groups in total. The molecule has 0 bridgehead atoms. The Bertz CT molecular complexity index is 426. The molecular formula is C15H26N4. The molecule has 2 aliphatic rings. The van der Waals surface area contributed by atoms with E-state index < -0.39 is 0 Å². The van der Waals surface area contributed by atoms with Crippen molar-refractivity contribution in [3.63, 3.8) is 0 Å². The van der Waals surface area contributed by atoms with Crippen molar-refractivity contribution in [2.75, 3.05) is 19.6 Å². The third-order valence-corrected chi connectivity index (χ3v) is 4.71. The van der Waals surface area contributed by atoms with Gasteiger partial charge in [-0.15, -0.1) is 0 Å². The third kappa shape index (κ3) is 2.83. The van der Waals surface area contributed by atoms with E-state index in [-0.39, 0.29) is 0 Å². The van der Waals surface area contributed by atoms with E-state index in [0.717, 1.165) is 24.7 Å². The predicted molar refractivity (Wildman–Crippen MR) is 76.2 cm³/mol. The molecule has 0 saturated carbocycles. The van der Waals surface area contributed by atoms with Gasteiger partial charge in [-0.3, -0.25) is 0 Å². The molecule has 0 amide bonds. The van der Waals surface area contributed by atoms with Gasteiger partial charge in [-0.2, -0.15) is 5.10 Å². The zero-order valence-corrected chi connectivity index (χ0v) is 12.3. The van der Waals surface area contributed by atoms with E-state index in [9.17, 15) is 0 Å². The van der Waals surface area contributed by atoms with E-state index in [0.29, 0.717) is 5.92 Å². The minimum atomic E-state index is 0.591. The second-order valence-electron chi connectivity index (χ2n) is 6.26. The van der Waals surface area contributed by atoms with Crippen molar-refractivity contribution >= 4 is 0 Å². The maximum Gasteiger partial charge on any atom is 0.151 e. The van der Waals surface area contributed by atoms with Gasteiger partial charge in [0.2, 0.25) is 0 Å². The van der Waals surface area contributed by atoms with Gasteiger partial charge in [-0.1, -0.05) is 13.8 Å². The maximum atomic E-state index is 4.81. The van der Waals surface area contributed by atoms with Crippen molar-refractivity contribution < 1.29 is 0 Å². The average molecular weight is 262 g/mol. The van der Waals surface area contributed by atoms with Gasteiger partial charge >= 0.3 is 0 Å². The van der Waals surface area contributed by atoms with Crippen LogP contribution in [0.1, 0.15) is 57.1 Å². The standard InChI is InChI=1S/C15H26N4/c1-3-18-8-5-7-13(11-18)10-14-16-15-12(2)6-4-9-19(15)17-14/h12-13H,3-11H2,1-2H3. The van der Waals surface area contributed by atoms with Gasteiger partial charge in [-0.05, 0) is 44.7 Å². The van der Waals surface area contributed by atoms with Crippen LogP contribution in [0.2, 0.25) is 0 Å². The lowest BCUT2D eigenvalue weighted by Gasteiger charge is -2.31. The van der Waals surface area contributed by atoms with Crippen LogP contribution in [0, 0.1) is 5.92 Å². The molecule has 106 valence electrons. The normalized spacial score (nSPS) is 28.3. The molecule has 0 spiro atoms. The molecule has 3 heterocycles. The zero-order valence-electron chi connectivity index (χ0n) is 12.3. The number of fused-ring (bicyclic) bond motifs is 1. The van der Waals surface area contributed by atoms with Gasteiger partial charge in [0.1, 0.15) is 5.82 Å². The molecule has 3 rings (SSSR count). The van der Waals surface area contributed by atoms with Crippen LogP contribution in [0.5, 0.6) is 0 Å². The molecule has 0 radical (unpaired) electrons. The second-order valence-corrected chi connectivity index (χ2v) is 6.26. The van der Waals surface area contributed by atoms with Crippen LogP contribution < -0.4 is 0 Å². The lowest BCUT2D eigenvalue weighted by molar-refractivity contribution is 0.180. The van der Waals surface area contributed by atoms with Gasteiger partial charge in [0.25, 0.3) is 0 Å². The maximum absolute atomic E-state index is 4.81. The van der Waals surface area contributed by atoms with E-state index in [4.69, 9.17) is 10.1 Å². The van der Waals surface area contributed by atoms with E-state index >= 15 is 0 Å². The Morgan fingerprint density at radius 2 is 2.05 bits per heavy atom. The highest BCUT2D eigenvalue weighted by atomic mass is 15.4. The Morgan fingerprint density at radius 3 is 2.84 bits per heavy atom. The zero-order chi connectivity index (χ0) is 13.2. The molecule has 1 aromatic heterocycles. The average Bonchev–Trinajstić information content (AvgIpc) is 2.83. The summed E-state index contributed by atoms with van der Waals surface area (Å²) in [6.45, 7) is 9.30. The van der Waals surface area contributed by atoms with E-state index in [1.165, 1.54) is 51.1 Å². The van der Waals surface area contributed by atoms with Crippen molar-refractivity contribution in [3.8, 4) is 0 Å². The molecule has 2 aliphatic heterocycles. The molecule has 0 aliphatic carbocycles. The molecule has 0 aromatic carbocycles. The molecule has 4 nitrogen and oxygen atoms in total. The Hall–Kier alpha value is -0.900. The number of likely N-dealkylation sites (tertiary alicyclic amines) is 1. The lowest BCUT2D eigenvalue weighted by Crippen LogP contribution is -2.36. The summed E-state index contributed by atoms with van der Waals surface area (Å²) in [4.78, 5) is 7.37. The number of hydrogen-bond acceptors (Lipinski definition) is 3. The molecule has 1 fully saturated rings. The summed E-state index contributed by atoms with van der Waals surface area (Å²) in [5, 5.41) is 4.73. The Labute approximate surface area is 116 Å². The number of aromatic nitrogens is 3. The Kier molecular flexibility index (Phi) is 3.87. The quantitative estimate of drug-likeness (QED) is 0.839. The largest absolute Gasteiger partial charge is 0.303 e. The summed E-state index contributed by atoms with van der Waals surface area (Å²) < 4.78 is 2.16. The Balaban J connectivity index is 1.66. The van der Waals surface area contributed by atoms with Crippen LogP contribution in [0.4, 0.5) is 0 Å². The van der Waals surface area contributed by atoms with Crippen LogP contribution >= 0.6 is 0 Å². The molecule has 2 unspecified atom stereocenters. The monoisotopic (exact) mass is 262 g/mol. The minimum absolute atomic E-state index is 0.591. The van der Waals surface area contributed by atoms with Crippen LogP contribution in [0.25, 0.3) is 0 Å². The summed E-state index contributed by atoms with van der Waals surface area (Å²) in [7, 11) is 0. The van der Waals surface area contributed by atoms with Crippen molar-refractivity contribution in [2.45, 2.75) is 58.4 Å². The molecule has 19 heavy (non-hydrogen) atoms. The summed E-state index contributed by atoms with van der Waals surface area (Å²) in [6, 6.07) is 0. The predicted octanol–water partition coefficient (Wildman–Crippen LogP) is 2.45. The van der Waals surface area contributed by atoms with Gasteiger partial charge in [0.15, 0.2) is 5.82 Å². The molecule has 1 aromatic rings. The van der Waals surface area contributed by atoms with Crippen molar-refractivity contribution in [1.29, 1.82) is 0 Å². The van der Waals surface area contributed by atoms with Crippen LogP contribution in [-0.4, -0.2) is 39.3 Å². The van der Waals surface area contributed by atoms with E-state index in [2.05, 4.69) is 23.4 Å². The highest BCUT2D eigenvalue weighted by molar-refractivity contribution is 5.02. The number of hydrogen-bond donors (Lipinski definition) is 0.